The Morgan fingerprint density at radius 3 is 2.57 bits per heavy atom. The first-order valence-corrected chi connectivity index (χ1v) is 5.26. The molecule has 14 heavy (non-hydrogen) atoms. The van der Waals surface area contributed by atoms with Crippen LogP contribution in [-0.4, -0.2) is 21.5 Å². The van der Waals surface area contributed by atoms with E-state index in [2.05, 4.69) is 18.9 Å². The van der Waals surface area contributed by atoms with Gasteiger partial charge in [0.25, 0.3) is 0 Å². The van der Waals surface area contributed by atoms with Crippen LogP contribution >= 0.6 is 0 Å². The van der Waals surface area contributed by atoms with Crippen molar-refractivity contribution in [2.45, 2.75) is 46.6 Å². The van der Waals surface area contributed by atoms with Gasteiger partial charge in [-0.25, -0.2) is 0 Å². The highest BCUT2D eigenvalue weighted by Crippen LogP contribution is 2.22. The number of hydrogen-bond acceptors (Lipinski definition) is 2. The van der Waals surface area contributed by atoms with E-state index >= 15 is 0 Å². The molecule has 1 aromatic heterocycles. The molecule has 3 heteroatoms. The lowest BCUT2D eigenvalue weighted by molar-refractivity contribution is 0.272. The smallest absolute Gasteiger partial charge is 0.0632 e. The molecule has 1 atom stereocenters. The van der Waals surface area contributed by atoms with Gasteiger partial charge in [-0.3, -0.25) is 4.68 Å². The topological polar surface area (TPSA) is 38.0 Å². The molecule has 1 unspecified atom stereocenters. The number of aliphatic hydroxyl groups excluding tert-OH is 1. The standard InChI is InChI=1S/C11H20N2O/c1-5-6-13-10(4)11(8(2)7-14)9(3)12-13/h8,14H,5-7H2,1-4H3. The van der Waals surface area contributed by atoms with Crippen LogP contribution < -0.4 is 0 Å². The molecule has 0 saturated carbocycles. The highest BCUT2D eigenvalue weighted by molar-refractivity contribution is 5.28. The van der Waals surface area contributed by atoms with Gasteiger partial charge in [0.05, 0.1) is 5.69 Å². The fourth-order valence-electron chi connectivity index (χ4n) is 1.94. The largest absolute Gasteiger partial charge is 0.396 e. The van der Waals surface area contributed by atoms with Crippen LogP contribution in [0.1, 0.15) is 43.1 Å². The summed E-state index contributed by atoms with van der Waals surface area (Å²) in [6.07, 6.45) is 1.09. The third kappa shape index (κ3) is 1.98. The van der Waals surface area contributed by atoms with Crippen molar-refractivity contribution in [3.8, 4) is 0 Å². The van der Waals surface area contributed by atoms with Crippen molar-refractivity contribution >= 4 is 0 Å². The minimum atomic E-state index is 0.194. The number of aryl methyl sites for hydroxylation is 2. The molecular weight excluding hydrogens is 176 g/mol. The molecule has 1 rings (SSSR count). The third-order valence-electron chi connectivity index (χ3n) is 2.64. The van der Waals surface area contributed by atoms with Gasteiger partial charge in [0.2, 0.25) is 0 Å². The maximum Gasteiger partial charge on any atom is 0.0632 e. The highest BCUT2D eigenvalue weighted by atomic mass is 16.3. The van der Waals surface area contributed by atoms with E-state index in [1.54, 1.807) is 0 Å². The maximum absolute atomic E-state index is 9.14. The molecule has 0 aliphatic rings. The van der Waals surface area contributed by atoms with E-state index in [4.69, 9.17) is 5.11 Å². The average Bonchev–Trinajstić information content (AvgIpc) is 2.42. The maximum atomic E-state index is 9.14. The molecule has 1 N–H and O–H groups in total. The Bertz CT molecular complexity index is 304. The Morgan fingerprint density at radius 2 is 2.07 bits per heavy atom. The number of aliphatic hydroxyl groups is 1. The average molecular weight is 196 g/mol. The summed E-state index contributed by atoms with van der Waals surface area (Å²) in [7, 11) is 0. The van der Waals surface area contributed by atoms with Crippen molar-refractivity contribution in [3.05, 3.63) is 17.0 Å². The minimum Gasteiger partial charge on any atom is -0.396 e. The molecule has 0 amide bonds. The lowest BCUT2D eigenvalue weighted by Gasteiger charge is -2.08. The normalized spacial score (nSPS) is 13.2. The second-order valence-corrected chi connectivity index (χ2v) is 3.89. The number of nitrogens with zero attached hydrogens (tertiary/aromatic N) is 2. The lowest BCUT2D eigenvalue weighted by atomic mass is 10.0. The first kappa shape index (κ1) is 11.2. The van der Waals surface area contributed by atoms with Gasteiger partial charge in [-0.15, -0.1) is 0 Å². The van der Waals surface area contributed by atoms with Crippen molar-refractivity contribution in [2.75, 3.05) is 6.61 Å². The van der Waals surface area contributed by atoms with Gasteiger partial charge in [0.1, 0.15) is 0 Å². The molecule has 0 radical (unpaired) electrons. The summed E-state index contributed by atoms with van der Waals surface area (Å²) in [5.74, 6) is 0.195. The van der Waals surface area contributed by atoms with Crippen LogP contribution in [0, 0.1) is 13.8 Å². The van der Waals surface area contributed by atoms with E-state index in [9.17, 15) is 0 Å². The number of hydrogen-bond donors (Lipinski definition) is 1. The molecule has 0 aliphatic heterocycles. The van der Waals surface area contributed by atoms with Crippen LogP contribution in [0.5, 0.6) is 0 Å². The van der Waals surface area contributed by atoms with Gasteiger partial charge in [-0.1, -0.05) is 13.8 Å². The van der Waals surface area contributed by atoms with Crippen LogP contribution in [0.4, 0.5) is 0 Å². The zero-order valence-corrected chi connectivity index (χ0v) is 9.54. The Morgan fingerprint density at radius 1 is 1.43 bits per heavy atom. The lowest BCUT2D eigenvalue weighted by Crippen LogP contribution is -2.04. The summed E-state index contributed by atoms with van der Waals surface area (Å²) in [6, 6.07) is 0. The molecule has 0 saturated heterocycles. The van der Waals surface area contributed by atoms with E-state index in [-0.39, 0.29) is 12.5 Å². The van der Waals surface area contributed by atoms with Crippen LogP contribution in [0.15, 0.2) is 0 Å². The summed E-state index contributed by atoms with van der Waals surface area (Å²) in [5.41, 5.74) is 3.46. The first-order chi connectivity index (χ1) is 6.61. The molecule has 1 heterocycles. The van der Waals surface area contributed by atoms with Crippen LogP contribution in [-0.2, 0) is 6.54 Å². The summed E-state index contributed by atoms with van der Waals surface area (Å²) in [5, 5.41) is 13.6. The second kappa shape index (κ2) is 4.60. The number of aromatic nitrogens is 2. The van der Waals surface area contributed by atoms with E-state index in [1.165, 1.54) is 11.3 Å². The summed E-state index contributed by atoms with van der Waals surface area (Å²) < 4.78 is 2.04. The van der Waals surface area contributed by atoms with Gasteiger partial charge in [0.15, 0.2) is 0 Å². The Hall–Kier alpha value is -0.830. The molecule has 1 aromatic rings. The molecule has 3 nitrogen and oxygen atoms in total. The summed E-state index contributed by atoms with van der Waals surface area (Å²) >= 11 is 0. The second-order valence-electron chi connectivity index (χ2n) is 3.89. The van der Waals surface area contributed by atoms with Gasteiger partial charge >= 0.3 is 0 Å². The third-order valence-corrected chi connectivity index (χ3v) is 2.64. The zero-order chi connectivity index (χ0) is 10.7. The SMILES string of the molecule is CCCn1nc(C)c(C(C)CO)c1C. The van der Waals surface area contributed by atoms with E-state index in [0.29, 0.717) is 0 Å². The van der Waals surface area contributed by atoms with E-state index < -0.39 is 0 Å². The number of rotatable bonds is 4. The van der Waals surface area contributed by atoms with Gasteiger partial charge < -0.3 is 5.11 Å². The van der Waals surface area contributed by atoms with Crippen LogP contribution in [0.3, 0.4) is 0 Å². The quantitative estimate of drug-likeness (QED) is 0.800. The first-order valence-electron chi connectivity index (χ1n) is 5.26. The van der Waals surface area contributed by atoms with E-state index in [0.717, 1.165) is 18.7 Å². The van der Waals surface area contributed by atoms with Gasteiger partial charge in [0, 0.05) is 30.3 Å². The molecular formula is C11H20N2O. The fraction of sp³-hybridized carbons (Fsp3) is 0.727. The van der Waals surface area contributed by atoms with Gasteiger partial charge in [-0.2, -0.15) is 5.10 Å². The fourth-order valence-corrected chi connectivity index (χ4v) is 1.94. The van der Waals surface area contributed by atoms with Crippen molar-refractivity contribution < 1.29 is 5.11 Å². The molecule has 0 fully saturated rings. The van der Waals surface area contributed by atoms with Gasteiger partial charge in [-0.05, 0) is 20.3 Å². The Balaban J connectivity index is 3.04. The molecule has 0 aliphatic carbocycles. The van der Waals surface area contributed by atoms with Crippen LogP contribution in [0.2, 0.25) is 0 Å². The summed E-state index contributed by atoms with van der Waals surface area (Å²) in [6.45, 7) is 9.43. The molecule has 0 aromatic carbocycles. The van der Waals surface area contributed by atoms with Crippen molar-refractivity contribution in [1.29, 1.82) is 0 Å². The zero-order valence-electron chi connectivity index (χ0n) is 9.54. The Labute approximate surface area is 85.8 Å². The molecule has 0 bridgehead atoms. The predicted octanol–water partition coefficient (Wildman–Crippen LogP) is 2.01. The minimum absolute atomic E-state index is 0.194. The van der Waals surface area contributed by atoms with Crippen molar-refractivity contribution in [1.82, 2.24) is 9.78 Å². The predicted molar refractivity (Wildman–Crippen MR) is 57.5 cm³/mol. The monoisotopic (exact) mass is 196 g/mol. The Kier molecular flexibility index (Phi) is 3.69. The van der Waals surface area contributed by atoms with Crippen LogP contribution in [0.25, 0.3) is 0 Å². The molecule has 80 valence electrons. The van der Waals surface area contributed by atoms with Crippen molar-refractivity contribution in [3.63, 3.8) is 0 Å². The van der Waals surface area contributed by atoms with E-state index in [1.807, 2.05) is 18.5 Å². The highest BCUT2D eigenvalue weighted by Gasteiger charge is 2.16. The van der Waals surface area contributed by atoms with Crippen molar-refractivity contribution in [2.24, 2.45) is 0 Å². The molecule has 0 spiro atoms. The summed E-state index contributed by atoms with van der Waals surface area (Å²) in [4.78, 5) is 0.